The predicted octanol–water partition coefficient (Wildman–Crippen LogP) is 19.1. The average Bonchev–Trinajstić information content (AvgIpc) is 3.61. The van der Waals surface area contributed by atoms with Gasteiger partial charge in [-0.3, -0.25) is 0 Å². The lowest BCUT2D eigenvalue weighted by Crippen LogP contribution is -2.09. The summed E-state index contributed by atoms with van der Waals surface area (Å²) in [6, 6.07) is 94.5. The highest BCUT2D eigenvalue weighted by atomic mass is 15.1. The fourth-order valence-electron chi connectivity index (χ4n) is 12.9. The zero-order valence-electron chi connectivity index (χ0n) is 42.5. The van der Waals surface area contributed by atoms with E-state index in [0.29, 0.717) is 22.6 Å². The van der Waals surface area contributed by atoms with E-state index in [1.807, 2.05) is 30.3 Å². The summed E-state index contributed by atoms with van der Waals surface area (Å²) in [5.74, 6) is 0. The Kier molecular flexibility index (Phi) is 9.63. The molecule has 7 nitrogen and oxygen atoms in total. The van der Waals surface area contributed by atoms with Crippen LogP contribution in [0.1, 0.15) is 5.56 Å². The Balaban J connectivity index is 0.992. The van der Waals surface area contributed by atoms with Crippen molar-refractivity contribution in [1.29, 1.82) is 5.26 Å². The molecule has 16 rings (SSSR count). The van der Waals surface area contributed by atoms with Gasteiger partial charge in [0.25, 0.3) is 0 Å². The minimum absolute atomic E-state index is 0.425. The van der Waals surface area contributed by atoms with Crippen LogP contribution in [0.5, 0.6) is 0 Å². The first-order valence-electron chi connectivity index (χ1n) is 26.5. The normalized spacial score (nSPS) is 11.8. The molecule has 0 bridgehead atoms. The Morgan fingerprint density at radius 3 is 1.52 bits per heavy atom. The highest BCUT2D eigenvalue weighted by Crippen LogP contribution is 2.47. The molecule has 0 aliphatic heterocycles. The Labute approximate surface area is 453 Å². The second-order valence-corrected chi connectivity index (χ2v) is 20.3. The van der Waals surface area contributed by atoms with E-state index in [1.54, 1.807) is 0 Å². The number of benzene rings is 12. The van der Waals surface area contributed by atoms with Crippen molar-refractivity contribution in [3.05, 3.63) is 278 Å². The maximum Gasteiger partial charge on any atom is 0.212 e. The second kappa shape index (κ2) is 17.2. The van der Waals surface area contributed by atoms with Crippen molar-refractivity contribution < 1.29 is 0 Å². The van der Waals surface area contributed by atoms with Crippen molar-refractivity contribution in [2.24, 2.45) is 0 Å². The molecular formula is C72H43N7. The summed E-state index contributed by atoms with van der Waals surface area (Å²) < 4.78 is 9.17. The predicted molar refractivity (Wildman–Crippen MR) is 327 cm³/mol. The Morgan fingerprint density at radius 2 is 0.861 bits per heavy atom. The van der Waals surface area contributed by atoms with Crippen molar-refractivity contribution in [3.8, 4) is 28.8 Å². The van der Waals surface area contributed by atoms with Crippen molar-refractivity contribution in [2.75, 3.05) is 4.90 Å². The molecule has 0 spiro atoms. The van der Waals surface area contributed by atoms with Crippen LogP contribution in [-0.2, 0) is 0 Å². The van der Waals surface area contributed by atoms with Crippen LogP contribution in [0.2, 0.25) is 0 Å². The van der Waals surface area contributed by atoms with E-state index < -0.39 is 0 Å². The highest BCUT2D eigenvalue weighted by molar-refractivity contribution is 6.25. The van der Waals surface area contributed by atoms with Gasteiger partial charge in [0.2, 0.25) is 5.69 Å². The molecule has 0 aliphatic rings. The Bertz CT molecular complexity index is 5180. The summed E-state index contributed by atoms with van der Waals surface area (Å²) in [5, 5.41) is 22.7. The quantitative estimate of drug-likeness (QED) is 0.149. The monoisotopic (exact) mass is 1010 g/mol. The number of anilines is 3. The van der Waals surface area contributed by atoms with Crippen molar-refractivity contribution in [1.82, 2.24) is 18.3 Å². The molecule has 4 heterocycles. The molecule has 0 fully saturated rings. The number of para-hydroxylation sites is 6. The zero-order chi connectivity index (χ0) is 52.3. The summed E-state index contributed by atoms with van der Waals surface area (Å²) in [5.41, 5.74) is 15.4. The fraction of sp³-hybridized carbons (Fsp3) is 0. The molecule has 0 saturated carbocycles. The Morgan fingerprint density at radius 1 is 0.342 bits per heavy atom. The van der Waals surface area contributed by atoms with E-state index >= 15 is 0 Å². The lowest BCUT2D eigenvalue weighted by molar-refractivity contribution is 1.13. The number of nitrogens with zero attached hydrogens (tertiary/aromatic N) is 7. The van der Waals surface area contributed by atoms with E-state index in [4.69, 9.17) is 6.57 Å². The summed E-state index contributed by atoms with van der Waals surface area (Å²) in [4.78, 5) is 6.68. The number of hydrogen-bond donors (Lipinski definition) is 0. The molecule has 0 unspecified atom stereocenters. The van der Waals surface area contributed by atoms with E-state index in [0.717, 1.165) is 116 Å². The molecule has 0 N–H and O–H groups in total. The van der Waals surface area contributed by atoms with Crippen LogP contribution >= 0.6 is 0 Å². The maximum absolute atomic E-state index is 11.7. The molecule has 366 valence electrons. The first-order chi connectivity index (χ1) is 39.1. The van der Waals surface area contributed by atoms with Gasteiger partial charge in [-0.05, 0) is 120 Å². The van der Waals surface area contributed by atoms with Crippen LogP contribution in [0.4, 0.5) is 22.7 Å². The third-order valence-corrected chi connectivity index (χ3v) is 16.1. The van der Waals surface area contributed by atoms with E-state index in [9.17, 15) is 5.26 Å². The van der Waals surface area contributed by atoms with Gasteiger partial charge in [-0.15, -0.1) is 0 Å². The first-order valence-corrected chi connectivity index (χ1v) is 26.5. The van der Waals surface area contributed by atoms with Gasteiger partial charge < -0.3 is 23.2 Å². The first kappa shape index (κ1) is 44.2. The van der Waals surface area contributed by atoms with Crippen LogP contribution in [0, 0.1) is 17.9 Å². The van der Waals surface area contributed by atoms with Gasteiger partial charge in [-0.1, -0.05) is 152 Å². The van der Waals surface area contributed by atoms with Gasteiger partial charge in [0, 0.05) is 71.5 Å². The van der Waals surface area contributed by atoms with E-state index in [1.165, 1.54) is 10.8 Å². The number of fused-ring (bicyclic) bond motifs is 15. The highest BCUT2D eigenvalue weighted by Gasteiger charge is 2.27. The van der Waals surface area contributed by atoms with Gasteiger partial charge in [0.05, 0.1) is 67.6 Å². The molecule has 0 saturated heterocycles. The molecule has 0 atom stereocenters. The fourth-order valence-corrected chi connectivity index (χ4v) is 12.9. The van der Waals surface area contributed by atoms with Crippen molar-refractivity contribution >= 4 is 121 Å². The van der Waals surface area contributed by atoms with Gasteiger partial charge >= 0.3 is 0 Å². The zero-order valence-corrected chi connectivity index (χ0v) is 42.5. The van der Waals surface area contributed by atoms with Gasteiger partial charge in [-0.25, -0.2) is 4.85 Å². The van der Waals surface area contributed by atoms with Crippen molar-refractivity contribution in [2.45, 2.75) is 0 Å². The molecule has 0 radical (unpaired) electrons. The van der Waals surface area contributed by atoms with E-state index in [-0.39, 0.29) is 0 Å². The molecule has 7 heteroatoms. The summed E-state index contributed by atoms with van der Waals surface area (Å²) in [7, 11) is 0. The van der Waals surface area contributed by atoms with Crippen LogP contribution in [0.15, 0.2) is 261 Å². The van der Waals surface area contributed by atoms with Gasteiger partial charge in [-0.2, -0.15) is 5.26 Å². The lowest BCUT2D eigenvalue weighted by atomic mass is 10.0. The third-order valence-electron chi connectivity index (χ3n) is 16.1. The number of hydrogen-bond acceptors (Lipinski definition) is 2. The molecule has 0 amide bonds. The maximum atomic E-state index is 11.7. The number of rotatable bonds is 7. The van der Waals surface area contributed by atoms with E-state index in [2.05, 4.69) is 265 Å². The number of aromatic nitrogens is 4. The topological polar surface area (TPSA) is 51.1 Å². The smallest absolute Gasteiger partial charge is 0.212 e. The van der Waals surface area contributed by atoms with Crippen LogP contribution in [-0.4, -0.2) is 18.3 Å². The lowest BCUT2D eigenvalue weighted by Gasteiger charge is -2.25. The average molecular weight is 1010 g/mol. The van der Waals surface area contributed by atoms with Crippen LogP contribution in [0.25, 0.3) is 126 Å². The van der Waals surface area contributed by atoms with Crippen LogP contribution < -0.4 is 4.90 Å². The Hall–Kier alpha value is -11.1. The molecule has 0 aliphatic carbocycles. The summed E-state index contributed by atoms with van der Waals surface area (Å²) >= 11 is 0. The molecule has 79 heavy (non-hydrogen) atoms. The summed E-state index contributed by atoms with van der Waals surface area (Å²) in [6.07, 6.45) is 0. The molecule has 16 aromatic rings. The van der Waals surface area contributed by atoms with Crippen LogP contribution in [0.3, 0.4) is 0 Å². The third kappa shape index (κ3) is 6.45. The van der Waals surface area contributed by atoms with Crippen molar-refractivity contribution in [3.63, 3.8) is 0 Å². The standard InChI is InChI=1S/C72H43N7/c1-74-61-44-68(47(45-73)41-69(61)78-66-40-35-52(43-60(66)70-53-26-12-11-19-46(53)33-38-67(70)78)76-62-30-16-13-27-54(62)55-28-14-17-31-63(55)76)79-65-39-34-51(75(48-20-5-2-6-21-48)49-22-7-3-8-23-49)42-59(65)58-37-36-57-56-29-15-18-32-64(56)77(71(57)72(58)79)50-24-9-4-10-25-50/h2-44H. The van der Waals surface area contributed by atoms with Gasteiger partial charge in [0.15, 0.2) is 0 Å². The largest absolute Gasteiger partial charge is 0.319 e. The molecule has 12 aromatic carbocycles. The minimum Gasteiger partial charge on any atom is -0.319 e. The molecular weight excluding hydrogens is 963 g/mol. The number of nitriles is 1. The minimum atomic E-state index is 0.425. The van der Waals surface area contributed by atoms with Gasteiger partial charge in [0.1, 0.15) is 6.07 Å². The second-order valence-electron chi connectivity index (χ2n) is 20.3. The SMILES string of the molecule is [C-]#[N+]c1cc(-n2c3ccc(N(c4ccccc4)c4ccccc4)cc3c3ccc4c5ccccc5n(-c5ccccc5)c4c32)c(C#N)cc1-n1c2ccc(-n3c4ccccc4c4ccccc43)cc2c2c3ccccc3ccc21. The summed E-state index contributed by atoms with van der Waals surface area (Å²) in [6.45, 7) is 9.09. The molecule has 4 aromatic heterocycles.